The summed E-state index contributed by atoms with van der Waals surface area (Å²) in [4.78, 5) is 35.3. The zero-order chi connectivity index (χ0) is 17.9. The Morgan fingerprint density at radius 1 is 1.12 bits per heavy atom. The van der Waals surface area contributed by atoms with Crippen LogP contribution in [-0.4, -0.2) is 21.2 Å². The number of amides is 1. The number of halogens is 4. The van der Waals surface area contributed by atoms with Gasteiger partial charge in [0.1, 0.15) is 13.1 Å². The van der Waals surface area contributed by atoms with Crippen LogP contribution < -0.4 is 16.4 Å². The van der Waals surface area contributed by atoms with Crippen LogP contribution in [0.15, 0.2) is 46.2 Å². The monoisotopic (exact) mass is 361 g/mol. The van der Waals surface area contributed by atoms with Crippen molar-refractivity contribution >= 4 is 23.2 Å². The summed E-state index contributed by atoms with van der Waals surface area (Å²) in [6.45, 7) is -2.09. The first-order chi connectivity index (χ1) is 11.2. The number of carbonyl (C=O) groups excluding carboxylic acids is 1. The van der Waals surface area contributed by atoms with E-state index < -0.39 is 36.3 Å². The number of hydrogen-bond donors (Lipinski definition) is 1. The van der Waals surface area contributed by atoms with Crippen molar-refractivity contribution in [3.63, 3.8) is 0 Å². The van der Waals surface area contributed by atoms with Crippen LogP contribution in [-0.2, 0) is 17.9 Å². The average Bonchev–Trinajstić information content (AvgIpc) is 2.46. The first-order valence-corrected chi connectivity index (χ1v) is 6.95. The van der Waals surface area contributed by atoms with Crippen molar-refractivity contribution in [2.45, 2.75) is 19.3 Å². The Kier molecular flexibility index (Phi) is 5.13. The zero-order valence-electron chi connectivity index (χ0n) is 12.0. The van der Waals surface area contributed by atoms with Crippen molar-refractivity contribution in [1.82, 2.24) is 9.13 Å². The number of nitrogens with zero attached hydrogens (tertiary/aromatic N) is 2. The van der Waals surface area contributed by atoms with E-state index in [0.29, 0.717) is 10.7 Å². The quantitative estimate of drug-likeness (QED) is 0.845. The van der Waals surface area contributed by atoms with Gasteiger partial charge in [0.25, 0.3) is 0 Å². The van der Waals surface area contributed by atoms with Gasteiger partial charge >= 0.3 is 17.3 Å². The van der Waals surface area contributed by atoms with E-state index in [4.69, 9.17) is 11.6 Å². The molecule has 1 N–H and O–H groups in total. The van der Waals surface area contributed by atoms with Crippen LogP contribution in [0, 0.1) is 0 Å². The van der Waals surface area contributed by atoms with Crippen molar-refractivity contribution < 1.29 is 18.0 Å². The molecule has 0 aliphatic rings. The molecule has 0 radical (unpaired) electrons. The standard InChI is InChI=1S/C14H11ClF3N3O3/c15-9-2-1-3-10(6-9)19-11(22)7-20-4-5-21(8-14(16,17)18)13(24)12(20)23/h1-6H,7-8H2,(H,19,22). The molecule has 10 heteroatoms. The summed E-state index contributed by atoms with van der Waals surface area (Å²) in [5.74, 6) is -0.632. The van der Waals surface area contributed by atoms with Crippen LogP contribution in [0.3, 0.4) is 0 Å². The molecule has 0 unspecified atom stereocenters. The fourth-order valence-electron chi connectivity index (χ4n) is 1.91. The molecule has 1 aromatic carbocycles. The first-order valence-electron chi connectivity index (χ1n) is 6.58. The SMILES string of the molecule is O=C(Cn1ccn(CC(F)(F)F)c(=O)c1=O)Nc1cccc(Cl)c1. The number of anilines is 1. The summed E-state index contributed by atoms with van der Waals surface area (Å²) in [7, 11) is 0. The molecule has 0 bridgehead atoms. The second-order valence-electron chi connectivity index (χ2n) is 4.84. The van der Waals surface area contributed by atoms with Crippen molar-refractivity contribution in [3.05, 3.63) is 62.4 Å². The smallest absolute Gasteiger partial charge is 0.324 e. The van der Waals surface area contributed by atoms with Crippen LogP contribution in [0.1, 0.15) is 0 Å². The van der Waals surface area contributed by atoms with Crippen molar-refractivity contribution in [2.75, 3.05) is 5.32 Å². The molecule has 6 nitrogen and oxygen atoms in total. The molecule has 24 heavy (non-hydrogen) atoms. The third-order valence-corrected chi connectivity index (χ3v) is 3.14. The molecule has 2 rings (SSSR count). The number of carbonyl (C=O) groups is 1. The second-order valence-corrected chi connectivity index (χ2v) is 5.27. The van der Waals surface area contributed by atoms with Crippen molar-refractivity contribution in [1.29, 1.82) is 0 Å². The number of aromatic nitrogens is 2. The van der Waals surface area contributed by atoms with E-state index in [1.165, 1.54) is 6.07 Å². The van der Waals surface area contributed by atoms with Crippen LogP contribution in [0.25, 0.3) is 0 Å². The average molecular weight is 362 g/mol. The van der Waals surface area contributed by atoms with Crippen LogP contribution in [0.4, 0.5) is 18.9 Å². The Labute approximate surface area is 138 Å². The number of nitrogens with one attached hydrogen (secondary N) is 1. The minimum Gasteiger partial charge on any atom is -0.324 e. The Bertz CT molecular complexity index is 874. The summed E-state index contributed by atoms with van der Waals surface area (Å²) in [5.41, 5.74) is -2.20. The lowest BCUT2D eigenvalue weighted by Gasteiger charge is -2.11. The van der Waals surface area contributed by atoms with E-state index in [0.717, 1.165) is 17.0 Å². The highest BCUT2D eigenvalue weighted by Gasteiger charge is 2.28. The molecule has 128 valence electrons. The molecule has 1 aromatic heterocycles. The van der Waals surface area contributed by atoms with Gasteiger partial charge in [0.2, 0.25) is 5.91 Å². The molecular formula is C14H11ClF3N3O3. The van der Waals surface area contributed by atoms with Crippen LogP contribution >= 0.6 is 11.6 Å². The molecule has 1 amide bonds. The minimum absolute atomic E-state index is 0.244. The number of benzene rings is 1. The predicted molar refractivity (Wildman–Crippen MR) is 81.1 cm³/mol. The maximum absolute atomic E-state index is 12.3. The van der Waals surface area contributed by atoms with Crippen LogP contribution in [0.5, 0.6) is 0 Å². The molecule has 0 atom stereocenters. The Balaban J connectivity index is 2.15. The number of rotatable bonds is 4. The summed E-state index contributed by atoms with van der Waals surface area (Å²) in [6, 6.07) is 6.24. The molecule has 1 heterocycles. The van der Waals surface area contributed by atoms with Gasteiger partial charge in [-0.25, -0.2) is 0 Å². The topological polar surface area (TPSA) is 73.1 Å². The summed E-state index contributed by atoms with van der Waals surface area (Å²) in [6.07, 6.45) is -2.87. The highest BCUT2D eigenvalue weighted by molar-refractivity contribution is 6.30. The predicted octanol–water partition coefficient (Wildman–Crippen LogP) is 1.86. The van der Waals surface area contributed by atoms with E-state index in [9.17, 15) is 27.6 Å². The van der Waals surface area contributed by atoms with Gasteiger partial charge in [-0.2, -0.15) is 13.2 Å². The molecule has 2 aromatic rings. The molecule has 0 saturated carbocycles. The number of alkyl halides is 3. The fourth-order valence-corrected chi connectivity index (χ4v) is 2.10. The third-order valence-electron chi connectivity index (χ3n) is 2.90. The maximum atomic E-state index is 12.3. The van der Waals surface area contributed by atoms with Gasteiger partial charge in [-0.1, -0.05) is 17.7 Å². The lowest BCUT2D eigenvalue weighted by Crippen LogP contribution is -2.43. The van der Waals surface area contributed by atoms with E-state index in [-0.39, 0.29) is 4.57 Å². The molecule has 0 fully saturated rings. The maximum Gasteiger partial charge on any atom is 0.406 e. The highest BCUT2D eigenvalue weighted by Crippen LogP contribution is 2.16. The van der Waals surface area contributed by atoms with Gasteiger partial charge in [-0.3, -0.25) is 19.0 Å². The molecule has 0 aliphatic carbocycles. The lowest BCUT2D eigenvalue weighted by molar-refractivity contribution is -0.141. The van der Waals surface area contributed by atoms with Gasteiger partial charge < -0.3 is 9.88 Å². The minimum atomic E-state index is -4.63. The first kappa shape index (κ1) is 17.8. The summed E-state index contributed by atoms with van der Waals surface area (Å²) in [5, 5.41) is 2.85. The Morgan fingerprint density at radius 2 is 1.75 bits per heavy atom. The Hall–Kier alpha value is -2.55. The van der Waals surface area contributed by atoms with Gasteiger partial charge in [0.05, 0.1) is 0 Å². The Morgan fingerprint density at radius 3 is 2.38 bits per heavy atom. The van der Waals surface area contributed by atoms with Gasteiger partial charge in [0, 0.05) is 23.1 Å². The normalized spacial score (nSPS) is 11.3. The van der Waals surface area contributed by atoms with E-state index >= 15 is 0 Å². The molecular weight excluding hydrogens is 351 g/mol. The largest absolute Gasteiger partial charge is 0.406 e. The molecule has 0 aliphatic heterocycles. The third kappa shape index (κ3) is 4.72. The second kappa shape index (κ2) is 6.91. The van der Waals surface area contributed by atoms with E-state index in [1.807, 2.05) is 0 Å². The fraction of sp³-hybridized carbons (Fsp3) is 0.214. The lowest BCUT2D eigenvalue weighted by atomic mass is 10.3. The van der Waals surface area contributed by atoms with Crippen molar-refractivity contribution in [2.24, 2.45) is 0 Å². The van der Waals surface area contributed by atoms with E-state index in [2.05, 4.69) is 5.32 Å². The van der Waals surface area contributed by atoms with Crippen LogP contribution in [0.2, 0.25) is 5.02 Å². The molecule has 0 spiro atoms. The number of hydrogen-bond acceptors (Lipinski definition) is 3. The summed E-state index contributed by atoms with van der Waals surface area (Å²) < 4.78 is 37.9. The van der Waals surface area contributed by atoms with Crippen molar-refractivity contribution in [3.8, 4) is 0 Å². The zero-order valence-corrected chi connectivity index (χ0v) is 12.8. The van der Waals surface area contributed by atoms with E-state index in [1.54, 1.807) is 18.2 Å². The summed E-state index contributed by atoms with van der Waals surface area (Å²) >= 11 is 5.76. The highest BCUT2D eigenvalue weighted by atomic mass is 35.5. The van der Waals surface area contributed by atoms with Gasteiger partial charge in [0.15, 0.2) is 0 Å². The van der Waals surface area contributed by atoms with Gasteiger partial charge in [-0.05, 0) is 18.2 Å². The molecule has 0 saturated heterocycles. The van der Waals surface area contributed by atoms with Gasteiger partial charge in [-0.15, -0.1) is 0 Å².